The molecule has 0 aromatic heterocycles. The molecule has 1 saturated heterocycles. The number of piperidine rings is 1. The minimum Gasteiger partial charge on any atom is -0.303 e. The Bertz CT molecular complexity index is 589. The molecule has 1 aliphatic rings. The molecular weight excluding hydrogens is 276 g/mol. The second-order valence-corrected chi connectivity index (χ2v) is 6.42. The van der Waals surface area contributed by atoms with Crippen LogP contribution in [-0.4, -0.2) is 32.1 Å². The number of benzene rings is 1. The van der Waals surface area contributed by atoms with Crippen molar-refractivity contribution in [1.29, 1.82) is 0 Å². The van der Waals surface area contributed by atoms with E-state index in [9.17, 15) is 22.0 Å². The number of halogens is 2. The van der Waals surface area contributed by atoms with Crippen LogP contribution in [0.3, 0.4) is 0 Å². The number of aldehydes is 1. The lowest BCUT2D eigenvalue weighted by Gasteiger charge is -2.29. The van der Waals surface area contributed by atoms with Gasteiger partial charge in [-0.2, -0.15) is 4.31 Å². The second kappa shape index (κ2) is 5.34. The van der Waals surface area contributed by atoms with Gasteiger partial charge in [-0.25, -0.2) is 17.2 Å². The summed E-state index contributed by atoms with van der Waals surface area (Å²) in [5.74, 6) is -2.64. The Morgan fingerprint density at radius 3 is 2.63 bits per heavy atom. The second-order valence-electron chi connectivity index (χ2n) is 4.48. The van der Waals surface area contributed by atoms with Gasteiger partial charge in [0.2, 0.25) is 10.0 Å². The zero-order valence-corrected chi connectivity index (χ0v) is 10.9. The highest BCUT2D eigenvalue weighted by molar-refractivity contribution is 7.89. The number of sulfonamides is 1. The third-order valence-electron chi connectivity index (χ3n) is 3.14. The number of carbonyl (C=O) groups is 1. The maximum atomic E-state index is 13.1. The van der Waals surface area contributed by atoms with Gasteiger partial charge in [-0.05, 0) is 31.0 Å². The van der Waals surface area contributed by atoms with E-state index in [-0.39, 0.29) is 23.9 Å². The largest absolute Gasteiger partial charge is 0.303 e. The van der Waals surface area contributed by atoms with E-state index in [1.54, 1.807) is 0 Å². The van der Waals surface area contributed by atoms with Crippen LogP contribution in [0.2, 0.25) is 0 Å². The predicted molar refractivity (Wildman–Crippen MR) is 63.9 cm³/mol. The summed E-state index contributed by atoms with van der Waals surface area (Å²) >= 11 is 0. The van der Waals surface area contributed by atoms with E-state index in [0.29, 0.717) is 18.9 Å². The van der Waals surface area contributed by atoms with Crippen molar-refractivity contribution < 1.29 is 22.0 Å². The number of hydrogen-bond acceptors (Lipinski definition) is 3. The number of hydrogen-bond donors (Lipinski definition) is 0. The fourth-order valence-electron chi connectivity index (χ4n) is 2.09. The first kappa shape index (κ1) is 14.1. The fourth-order valence-corrected chi connectivity index (χ4v) is 3.64. The van der Waals surface area contributed by atoms with Crippen molar-refractivity contribution in [2.45, 2.75) is 17.7 Å². The van der Waals surface area contributed by atoms with E-state index in [4.69, 9.17) is 0 Å². The van der Waals surface area contributed by atoms with Crippen molar-refractivity contribution in [3.05, 3.63) is 29.8 Å². The van der Waals surface area contributed by atoms with Gasteiger partial charge in [-0.3, -0.25) is 0 Å². The highest BCUT2D eigenvalue weighted by Gasteiger charge is 2.30. The molecular formula is C12H13F2NO3S. The van der Waals surface area contributed by atoms with Crippen LogP contribution in [0.25, 0.3) is 0 Å². The van der Waals surface area contributed by atoms with Crippen LogP contribution in [0, 0.1) is 17.6 Å². The Balaban J connectivity index is 2.31. The lowest BCUT2D eigenvalue weighted by atomic mass is 10.0. The summed E-state index contributed by atoms with van der Waals surface area (Å²) in [4.78, 5) is 10.4. The summed E-state index contributed by atoms with van der Waals surface area (Å²) in [6.45, 7) is 0.372. The van der Waals surface area contributed by atoms with Crippen molar-refractivity contribution in [3.63, 3.8) is 0 Å². The zero-order chi connectivity index (χ0) is 14.0. The van der Waals surface area contributed by atoms with Crippen molar-refractivity contribution in [2.75, 3.05) is 13.1 Å². The number of rotatable bonds is 3. The van der Waals surface area contributed by atoms with Crippen LogP contribution in [-0.2, 0) is 14.8 Å². The molecule has 19 heavy (non-hydrogen) atoms. The normalized spacial score (nSPS) is 21.3. The molecule has 1 aliphatic heterocycles. The van der Waals surface area contributed by atoms with E-state index in [1.807, 2.05) is 0 Å². The van der Waals surface area contributed by atoms with Gasteiger partial charge in [-0.15, -0.1) is 0 Å². The average molecular weight is 289 g/mol. The van der Waals surface area contributed by atoms with Gasteiger partial charge in [0.15, 0.2) is 11.6 Å². The Kier molecular flexibility index (Phi) is 3.96. The molecule has 2 rings (SSSR count). The van der Waals surface area contributed by atoms with E-state index in [2.05, 4.69) is 0 Å². The average Bonchev–Trinajstić information content (AvgIpc) is 2.41. The fraction of sp³-hybridized carbons (Fsp3) is 0.417. The Labute approximate surface area is 110 Å². The van der Waals surface area contributed by atoms with Crippen molar-refractivity contribution in [3.8, 4) is 0 Å². The molecule has 7 heteroatoms. The summed E-state index contributed by atoms with van der Waals surface area (Å²) in [5.41, 5.74) is 0. The third-order valence-corrected chi connectivity index (χ3v) is 5.00. The molecule has 1 aromatic rings. The first-order valence-corrected chi connectivity index (χ1v) is 7.29. The van der Waals surface area contributed by atoms with Crippen LogP contribution in [0.15, 0.2) is 23.1 Å². The summed E-state index contributed by atoms with van der Waals surface area (Å²) in [6.07, 6.45) is 1.95. The van der Waals surface area contributed by atoms with E-state index < -0.39 is 21.7 Å². The molecule has 1 heterocycles. The smallest absolute Gasteiger partial charge is 0.243 e. The highest BCUT2D eigenvalue weighted by atomic mass is 32.2. The van der Waals surface area contributed by atoms with Crippen LogP contribution >= 0.6 is 0 Å². The Hall–Kier alpha value is -1.34. The summed E-state index contributed by atoms with van der Waals surface area (Å²) in [5, 5.41) is 0. The van der Waals surface area contributed by atoms with Crippen LogP contribution in [0.4, 0.5) is 8.78 Å². The molecule has 0 bridgehead atoms. The molecule has 1 atom stereocenters. The molecule has 1 aromatic carbocycles. The van der Waals surface area contributed by atoms with Crippen molar-refractivity contribution in [2.24, 2.45) is 5.92 Å². The highest BCUT2D eigenvalue weighted by Crippen LogP contribution is 2.23. The molecule has 0 amide bonds. The van der Waals surface area contributed by atoms with Crippen LogP contribution in [0.5, 0.6) is 0 Å². The monoisotopic (exact) mass is 289 g/mol. The zero-order valence-electron chi connectivity index (χ0n) is 10.1. The maximum absolute atomic E-state index is 13.1. The Morgan fingerprint density at radius 1 is 1.26 bits per heavy atom. The van der Waals surface area contributed by atoms with E-state index in [1.165, 1.54) is 0 Å². The minimum atomic E-state index is -3.88. The van der Waals surface area contributed by atoms with E-state index in [0.717, 1.165) is 22.7 Å². The van der Waals surface area contributed by atoms with Gasteiger partial charge in [0, 0.05) is 19.0 Å². The molecule has 0 radical (unpaired) electrons. The number of carbonyl (C=O) groups excluding carboxylic acids is 1. The van der Waals surface area contributed by atoms with Gasteiger partial charge in [0.25, 0.3) is 0 Å². The SMILES string of the molecule is O=CC1CCCN(S(=O)(=O)c2ccc(F)c(F)c2)C1. The quantitative estimate of drug-likeness (QED) is 0.794. The maximum Gasteiger partial charge on any atom is 0.243 e. The van der Waals surface area contributed by atoms with Crippen molar-refractivity contribution >= 4 is 16.3 Å². The molecule has 0 N–H and O–H groups in total. The summed E-state index contributed by atoms with van der Waals surface area (Å²) in [6, 6.07) is 2.47. The molecule has 4 nitrogen and oxygen atoms in total. The predicted octanol–water partition coefficient (Wildman–Crippen LogP) is 1.56. The molecule has 0 spiro atoms. The molecule has 0 saturated carbocycles. The lowest BCUT2D eigenvalue weighted by molar-refractivity contribution is -0.112. The first-order valence-electron chi connectivity index (χ1n) is 5.85. The first-order chi connectivity index (χ1) is 8.95. The van der Waals surface area contributed by atoms with Gasteiger partial charge in [0.1, 0.15) is 6.29 Å². The van der Waals surface area contributed by atoms with Crippen molar-refractivity contribution in [1.82, 2.24) is 4.31 Å². The lowest BCUT2D eigenvalue weighted by Crippen LogP contribution is -2.40. The third kappa shape index (κ3) is 2.82. The topological polar surface area (TPSA) is 54.5 Å². The van der Waals surface area contributed by atoms with Gasteiger partial charge < -0.3 is 4.79 Å². The van der Waals surface area contributed by atoms with Gasteiger partial charge in [0.05, 0.1) is 4.90 Å². The summed E-state index contributed by atoms with van der Waals surface area (Å²) in [7, 11) is -3.88. The van der Waals surface area contributed by atoms with E-state index >= 15 is 0 Å². The molecule has 104 valence electrons. The minimum absolute atomic E-state index is 0.0881. The molecule has 1 unspecified atom stereocenters. The Morgan fingerprint density at radius 2 is 2.00 bits per heavy atom. The van der Waals surface area contributed by atoms with Crippen LogP contribution in [0.1, 0.15) is 12.8 Å². The van der Waals surface area contributed by atoms with Crippen LogP contribution < -0.4 is 0 Å². The van der Waals surface area contributed by atoms with Gasteiger partial charge >= 0.3 is 0 Å². The van der Waals surface area contributed by atoms with Gasteiger partial charge in [-0.1, -0.05) is 0 Å². The molecule has 0 aliphatic carbocycles. The standard InChI is InChI=1S/C12H13F2NO3S/c13-11-4-3-10(6-12(11)14)19(17,18)15-5-1-2-9(7-15)8-16/h3-4,6,8-9H,1-2,5,7H2. The molecule has 1 fully saturated rings. The number of nitrogens with zero attached hydrogens (tertiary/aromatic N) is 1. The summed E-state index contributed by atoms with van der Waals surface area (Å²) < 4.78 is 51.5.